The molecule has 0 aliphatic heterocycles. The SMILES string of the molecule is O=C(NCc1ccccc1Cl)c1ccc2c(=O)n(Cc3ccccc3)c(SCc3nc4ccccc4[nH]3)nc2c1. The first kappa shape index (κ1) is 25.9. The molecule has 0 aliphatic rings. The summed E-state index contributed by atoms with van der Waals surface area (Å²) in [4.78, 5) is 39.5. The number of amides is 1. The predicted molar refractivity (Wildman–Crippen MR) is 160 cm³/mol. The van der Waals surface area contributed by atoms with Crippen molar-refractivity contribution in [2.75, 3.05) is 0 Å². The van der Waals surface area contributed by atoms with Crippen LogP contribution in [-0.2, 0) is 18.8 Å². The van der Waals surface area contributed by atoms with E-state index in [-0.39, 0.29) is 11.5 Å². The third-order valence-electron chi connectivity index (χ3n) is 6.54. The third kappa shape index (κ3) is 5.50. The van der Waals surface area contributed by atoms with Crippen LogP contribution >= 0.6 is 23.4 Å². The third-order valence-corrected chi connectivity index (χ3v) is 7.90. The molecular weight excluding hydrogens is 542 g/mol. The lowest BCUT2D eigenvalue weighted by Gasteiger charge is -2.14. The van der Waals surface area contributed by atoms with E-state index >= 15 is 0 Å². The molecule has 0 atom stereocenters. The van der Waals surface area contributed by atoms with Crippen molar-refractivity contribution in [3.8, 4) is 0 Å². The van der Waals surface area contributed by atoms with Gasteiger partial charge in [-0.05, 0) is 47.5 Å². The van der Waals surface area contributed by atoms with Crippen LogP contribution in [-0.4, -0.2) is 25.4 Å². The molecule has 1 amide bonds. The number of carbonyl (C=O) groups excluding carboxylic acids is 1. The van der Waals surface area contributed by atoms with Crippen molar-refractivity contribution in [3.63, 3.8) is 0 Å². The highest BCUT2D eigenvalue weighted by Gasteiger charge is 2.16. The van der Waals surface area contributed by atoms with E-state index in [0.717, 1.165) is 28.0 Å². The van der Waals surface area contributed by atoms with Crippen LogP contribution in [0.1, 0.15) is 27.3 Å². The van der Waals surface area contributed by atoms with Gasteiger partial charge in [0.05, 0.1) is 34.2 Å². The summed E-state index contributed by atoms with van der Waals surface area (Å²) < 4.78 is 1.68. The smallest absolute Gasteiger partial charge is 0.262 e. The number of halogens is 1. The molecule has 0 saturated carbocycles. The second-order valence-corrected chi connectivity index (χ2v) is 10.6. The topological polar surface area (TPSA) is 92.7 Å². The van der Waals surface area contributed by atoms with Crippen LogP contribution < -0.4 is 10.9 Å². The number of hydrogen-bond acceptors (Lipinski definition) is 5. The van der Waals surface area contributed by atoms with E-state index < -0.39 is 0 Å². The zero-order valence-electron chi connectivity index (χ0n) is 21.3. The van der Waals surface area contributed by atoms with Crippen LogP contribution in [0, 0.1) is 0 Å². The molecule has 6 rings (SSSR count). The van der Waals surface area contributed by atoms with Crippen LogP contribution in [0.2, 0.25) is 5.02 Å². The van der Waals surface area contributed by atoms with E-state index in [1.54, 1.807) is 28.8 Å². The second-order valence-electron chi connectivity index (χ2n) is 9.27. The summed E-state index contributed by atoms with van der Waals surface area (Å²) in [6.45, 7) is 0.673. The lowest BCUT2D eigenvalue weighted by atomic mass is 10.1. The molecule has 9 heteroatoms. The number of hydrogen-bond donors (Lipinski definition) is 2. The van der Waals surface area contributed by atoms with Gasteiger partial charge in [-0.3, -0.25) is 14.2 Å². The first-order chi connectivity index (χ1) is 19.5. The average Bonchev–Trinajstić information content (AvgIpc) is 3.40. The molecule has 0 aliphatic carbocycles. The maximum absolute atomic E-state index is 13.7. The standard InChI is InChI=1S/C31H24ClN5O2S/c32-24-11-5-4-10-22(24)17-33-29(38)21-14-15-23-27(16-21)36-31(37(30(23)39)18-20-8-2-1-3-9-20)40-19-28-34-25-12-6-7-13-26(25)35-28/h1-16H,17-19H2,(H,33,38)(H,34,35). The quantitative estimate of drug-likeness (QED) is 0.169. The van der Waals surface area contributed by atoms with E-state index in [0.29, 0.717) is 45.5 Å². The second kappa shape index (κ2) is 11.4. The fourth-order valence-electron chi connectivity index (χ4n) is 4.48. The largest absolute Gasteiger partial charge is 0.348 e. The number of fused-ring (bicyclic) bond motifs is 2. The zero-order chi connectivity index (χ0) is 27.5. The summed E-state index contributed by atoms with van der Waals surface area (Å²) in [6.07, 6.45) is 0. The predicted octanol–water partition coefficient (Wildman–Crippen LogP) is 6.20. The van der Waals surface area contributed by atoms with Crippen LogP contribution in [0.25, 0.3) is 21.9 Å². The monoisotopic (exact) mass is 565 g/mol. The Morgan fingerprint density at radius 2 is 1.68 bits per heavy atom. The molecule has 40 heavy (non-hydrogen) atoms. The molecule has 4 aromatic carbocycles. The molecule has 198 valence electrons. The molecule has 0 saturated heterocycles. The molecule has 0 fully saturated rings. The molecule has 0 unspecified atom stereocenters. The van der Waals surface area contributed by atoms with Crippen molar-refractivity contribution in [3.05, 3.63) is 135 Å². The summed E-state index contributed by atoms with van der Waals surface area (Å²) in [7, 11) is 0. The molecule has 0 radical (unpaired) electrons. The van der Waals surface area contributed by atoms with Crippen molar-refractivity contribution >= 4 is 51.2 Å². The molecule has 6 aromatic rings. The Kier molecular flexibility index (Phi) is 7.35. The van der Waals surface area contributed by atoms with Gasteiger partial charge in [-0.2, -0.15) is 0 Å². The lowest BCUT2D eigenvalue weighted by Crippen LogP contribution is -2.25. The lowest BCUT2D eigenvalue weighted by molar-refractivity contribution is 0.0951. The van der Waals surface area contributed by atoms with Crippen LogP contribution in [0.15, 0.2) is 107 Å². The van der Waals surface area contributed by atoms with Gasteiger partial charge in [0.25, 0.3) is 11.5 Å². The van der Waals surface area contributed by atoms with E-state index in [4.69, 9.17) is 16.6 Å². The Labute approximate surface area is 239 Å². The number of benzene rings is 4. The summed E-state index contributed by atoms with van der Waals surface area (Å²) in [5.41, 5.74) is 4.38. The number of thioether (sulfide) groups is 1. The number of H-pyrrole nitrogens is 1. The molecule has 0 bridgehead atoms. The Bertz CT molecular complexity index is 1870. The van der Waals surface area contributed by atoms with Crippen molar-refractivity contribution in [2.45, 2.75) is 24.0 Å². The normalized spacial score (nSPS) is 11.2. The summed E-state index contributed by atoms with van der Waals surface area (Å²) in [5.74, 6) is 1.02. The van der Waals surface area contributed by atoms with Crippen LogP contribution in [0.4, 0.5) is 0 Å². The van der Waals surface area contributed by atoms with Gasteiger partial charge < -0.3 is 10.3 Å². The number of para-hydroxylation sites is 2. The van der Waals surface area contributed by atoms with Crippen molar-refractivity contribution in [2.24, 2.45) is 0 Å². The Morgan fingerprint density at radius 1 is 0.900 bits per heavy atom. The zero-order valence-corrected chi connectivity index (χ0v) is 22.9. The average molecular weight is 566 g/mol. The van der Waals surface area contributed by atoms with Gasteiger partial charge >= 0.3 is 0 Å². The number of rotatable bonds is 8. The van der Waals surface area contributed by atoms with Gasteiger partial charge in [0.15, 0.2) is 5.16 Å². The van der Waals surface area contributed by atoms with E-state index in [1.165, 1.54) is 11.8 Å². The van der Waals surface area contributed by atoms with Crippen LogP contribution in [0.5, 0.6) is 0 Å². The van der Waals surface area contributed by atoms with Crippen LogP contribution in [0.3, 0.4) is 0 Å². The van der Waals surface area contributed by atoms with Gasteiger partial charge in [-0.1, -0.05) is 84.0 Å². The number of imidazole rings is 1. The fourth-order valence-corrected chi connectivity index (χ4v) is 5.56. The van der Waals surface area contributed by atoms with Crippen molar-refractivity contribution < 1.29 is 4.79 Å². The summed E-state index contributed by atoms with van der Waals surface area (Å²) in [6, 6.07) is 30.0. The number of carbonyl (C=O) groups is 1. The minimum Gasteiger partial charge on any atom is -0.348 e. The minimum absolute atomic E-state index is 0.163. The van der Waals surface area contributed by atoms with Crippen molar-refractivity contribution in [1.29, 1.82) is 0 Å². The Balaban J connectivity index is 1.32. The highest BCUT2D eigenvalue weighted by Crippen LogP contribution is 2.24. The Morgan fingerprint density at radius 3 is 2.50 bits per heavy atom. The van der Waals surface area contributed by atoms with E-state index in [2.05, 4.69) is 15.3 Å². The molecule has 0 spiro atoms. The number of nitrogens with one attached hydrogen (secondary N) is 2. The van der Waals surface area contributed by atoms with E-state index in [9.17, 15) is 9.59 Å². The number of nitrogens with zero attached hydrogens (tertiary/aromatic N) is 3. The molecular formula is C31H24ClN5O2S. The highest BCUT2D eigenvalue weighted by molar-refractivity contribution is 7.98. The van der Waals surface area contributed by atoms with Gasteiger partial charge in [-0.15, -0.1) is 0 Å². The van der Waals surface area contributed by atoms with E-state index in [1.807, 2.05) is 72.8 Å². The highest BCUT2D eigenvalue weighted by atomic mass is 35.5. The summed E-state index contributed by atoms with van der Waals surface area (Å²) in [5, 5.41) is 4.49. The first-order valence-electron chi connectivity index (χ1n) is 12.7. The maximum atomic E-state index is 13.7. The number of aromatic nitrogens is 4. The molecule has 7 nitrogen and oxygen atoms in total. The molecule has 2 aromatic heterocycles. The summed E-state index contributed by atoms with van der Waals surface area (Å²) >= 11 is 7.66. The van der Waals surface area contributed by atoms with Gasteiger partial charge in [0, 0.05) is 17.1 Å². The fraction of sp³-hybridized carbons (Fsp3) is 0.0968. The maximum Gasteiger partial charge on any atom is 0.262 e. The van der Waals surface area contributed by atoms with Gasteiger partial charge in [0.2, 0.25) is 0 Å². The van der Waals surface area contributed by atoms with Gasteiger partial charge in [-0.25, -0.2) is 9.97 Å². The molecule has 2 N–H and O–H groups in total. The van der Waals surface area contributed by atoms with Crippen molar-refractivity contribution in [1.82, 2.24) is 24.8 Å². The Hall–Kier alpha value is -4.40. The molecule has 2 heterocycles. The minimum atomic E-state index is -0.270. The first-order valence-corrected chi connectivity index (χ1v) is 14.1. The number of aromatic amines is 1. The van der Waals surface area contributed by atoms with Gasteiger partial charge in [0.1, 0.15) is 5.82 Å².